The van der Waals surface area contributed by atoms with Gasteiger partial charge in [-0.2, -0.15) is 0 Å². The number of rotatable bonds is 2. The highest BCUT2D eigenvalue weighted by molar-refractivity contribution is 5.42. The Hall–Kier alpha value is -0.960. The highest BCUT2D eigenvalue weighted by Crippen LogP contribution is 2.41. The Labute approximate surface area is 65.4 Å². The van der Waals surface area contributed by atoms with E-state index in [9.17, 15) is 0 Å². The van der Waals surface area contributed by atoms with Gasteiger partial charge in [0.1, 0.15) is 5.76 Å². The van der Waals surface area contributed by atoms with Gasteiger partial charge in [0, 0.05) is 0 Å². The fourth-order valence-electron chi connectivity index (χ4n) is 1.27. The van der Waals surface area contributed by atoms with Crippen LogP contribution in [0.4, 0.5) is 5.69 Å². The molecule has 1 atom stereocenters. The van der Waals surface area contributed by atoms with E-state index in [1.165, 1.54) is 12.8 Å². The molecule has 1 aliphatic rings. The lowest BCUT2D eigenvalue weighted by Gasteiger charge is -2.06. The van der Waals surface area contributed by atoms with Crippen molar-refractivity contribution in [2.24, 2.45) is 11.7 Å². The maximum atomic E-state index is 5.87. The topological polar surface area (TPSA) is 65.2 Å². The summed E-state index contributed by atoms with van der Waals surface area (Å²) in [5.74, 6) is 1.36. The molecule has 0 spiro atoms. The molecule has 1 saturated carbocycles. The van der Waals surface area contributed by atoms with Gasteiger partial charge in [-0.1, -0.05) is 0 Å². The van der Waals surface area contributed by atoms with Crippen LogP contribution in [-0.2, 0) is 0 Å². The second kappa shape index (κ2) is 2.27. The zero-order valence-electron chi connectivity index (χ0n) is 6.29. The molecule has 0 aliphatic heterocycles. The van der Waals surface area contributed by atoms with Gasteiger partial charge in [-0.15, -0.1) is 0 Å². The van der Waals surface area contributed by atoms with Gasteiger partial charge in [-0.05, 0) is 24.8 Å². The van der Waals surface area contributed by atoms with Crippen LogP contribution in [0, 0.1) is 5.92 Å². The summed E-state index contributed by atoms with van der Waals surface area (Å²) in [5, 5.41) is 0. The van der Waals surface area contributed by atoms with Gasteiger partial charge < -0.3 is 15.9 Å². The minimum Gasteiger partial charge on any atom is -0.465 e. The third-order valence-electron chi connectivity index (χ3n) is 2.16. The summed E-state index contributed by atoms with van der Waals surface area (Å²) in [4.78, 5) is 0. The quantitative estimate of drug-likeness (QED) is 0.670. The zero-order chi connectivity index (χ0) is 7.84. The van der Waals surface area contributed by atoms with Gasteiger partial charge in [0.15, 0.2) is 0 Å². The van der Waals surface area contributed by atoms with Crippen molar-refractivity contribution in [3.05, 3.63) is 18.1 Å². The molecule has 2 rings (SSSR count). The van der Waals surface area contributed by atoms with Gasteiger partial charge in [0.05, 0.1) is 18.0 Å². The fraction of sp³-hybridized carbons (Fsp3) is 0.500. The zero-order valence-corrected chi connectivity index (χ0v) is 6.29. The Morgan fingerprint density at radius 2 is 2.27 bits per heavy atom. The predicted molar refractivity (Wildman–Crippen MR) is 42.8 cm³/mol. The van der Waals surface area contributed by atoms with Crippen LogP contribution in [-0.4, -0.2) is 0 Å². The van der Waals surface area contributed by atoms with Crippen molar-refractivity contribution in [3.8, 4) is 0 Å². The molecule has 1 aromatic heterocycles. The van der Waals surface area contributed by atoms with Crippen molar-refractivity contribution >= 4 is 5.69 Å². The molecule has 0 bridgehead atoms. The first-order chi connectivity index (χ1) is 5.29. The molecule has 60 valence electrons. The smallest absolute Gasteiger partial charge is 0.143 e. The first-order valence-electron chi connectivity index (χ1n) is 3.87. The molecule has 11 heavy (non-hydrogen) atoms. The van der Waals surface area contributed by atoms with Gasteiger partial charge in [-0.25, -0.2) is 0 Å². The Morgan fingerprint density at radius 3 is 2.73 bits per heavy atom. The second-order valence-electron chi connectivity index (χ2n) is 3.10. The molecule has 0 radical (unpaired) electrons. The van der Waals surface area contributed by atoms with Crippen LogP contribution in [0.1, 0.15) is 24.6 Å². The highest BCUT2D eigenvalue weighted by atomic mass is 16.3. The largest absolute Gasteiger partial charge is 0.465 e. The summed E-state index contributed by atoms with van der Waals surface area (Å²) >= 11 is 0. The molecule has 0 aromatic carbocycles. The maximum absolute atomic E-state index is 5.87. The third kappa shape index (κ3) is 1.12. The van der Waals surface area contributed by atoms with Crippen LogP contribution in [0.25, 0.3) is 0 Å². The third-order valence-corrected chi connectivity index (χ3v) is 2.16. The standard InChI is InChI=1S/C8H12N2O/c9-6-3-4-11-8(6)7(10)5-1-2-5/h3-5,7H,1-2,9-10H2. The lowest BCUT2D eigenvalue weighted by atomic mass is 10.1. The number of nitrogen functional groups attached to an aromatic ring is 1. The summed E-state index contributed by atoms with van der Waals surface area (Å²) in [5.41, 5.74) is 12.2. The normalized spacial score (nSPS) is 20.1. The molecule has 0 saturated heterocycles. The molecule has 0 amide bonds. The Kier molecular flexibility index (Phi) is 1.39. The molecule has 1 aromatic rings. The van der Waals surface area contributed by atoms with Gasteiger partial charge in [0.25, 0.3) is 0 Å². The number of hydrogen-bond donors (Lipinski definition) is 2. The van der Waals surface area contributed by atoms with Crippen molar-refractivity contribution in [2.75, 3.05) is 5.73 Å². The summed E-state index contributed by atoms with van der Waals surface area (Å²) < 4.78 is 5.18. The van der Waals surface area contributed by atoms with Crippen LogP contribution >= 0.6 is 0 Å². The molecule has 4 N–H and O–H groups in total. The minimum atomic E-state index is 0.0185. The molecule has 1 heterocycles. The molecule has 3 heteroatoms. The molecular weight excluding hydrogens is 140 g/mol. The van der Waals surface area contributed by atoms with E-state index in [0.717, 1.165) is 5.76 Å². The van der Waals surface area contributed by atoms with E-state index in [-0.39, 0.29) is 6.04 Å². The first-order valence-corrected chi connectivity index (χ1v) is 3.87. The summed E-state index contributed by atoms with van der Waals surface area (Å²) in [6, 6.07) is 1.77. The fourth-order valence-corrected chi connectivity index (χ4v) is 1.27. The van der Waals surface area contributed by atoms with E-state index in [4.69, 9.17) is 15.9 Å². The van der Waals surface area contributed by atoms with Crippen LogP contribution in [0.2, 0.25) is 0 Å². The van der Waals surface area contributed by atoms with Crippen LogP contribution in [0.15, 0.2) is 16.7 Å². The van der Waals surface area contributed by atoms with Gasteiger partial charge >= 0.3 is 0 Å². The van der Waals surface area contributed by atoms with Crippen LogP contribution in [0.3, 0.4) is 0 Å². The van der Waals surface area contributed by atoms with Crippen LogP contribution < -0.4 is 11.5 Å². The lowest BCUT2D eigenvalue weighted by Crippen LogP contribution is -2.12. The van der Waals surface area contributed by atoms with Crippen molar-refractivity contribution in [1.29, 1.82) is 0 Å². The summed E-state index contributed by atoms with van der Waals surface area (Å²) in [6.07, 6.45) is 4.01. The average Bonchev–Trinajstić information content (AvgIpc) is 2.74. The van der Waals surface area contributed by atoms with Crippen molar-refractivity contribution in [2.45, 2.75) is 18.9 Å². The Bertz CT molecular complexity index is 252. The predicted octanol–water partition coefficient (Wildman–Crippen LogP) is 1.27. The number of nitrogens with two attached hydrogens (primary N) is 2. The summed E-state index contributed by atoms with van der Waals surface area (Å²) in [7, 11) is 0. The molecular formula is C8H12N2O. The van der Waals surface area contributed by atoms with E-state index >= 15 is 0 Å². The highest BCUT2D eigenvalue weighted by Gasteiger charge is 2.32. The number of hydrogen-bond acceptors (Lipinski definition) is 3. The number of anilines is 1. The van der Waals surface area contributed by atoms with Crippen molar-refractivity contribution in [1.82, 2.24) is 0 Å². The van der Waals surface area contributed by atoms with Crippen LogP contribution in [0.5, 0.6) is 0 Å². The number of furan rings is 1. The monoisotopic (exact) mass is 152 g/mol. The second-order valence-corrected chi connectivity index (χ2v) is 3.10. The lowest BCUT2D eigenvalue weighted by molar-refractivity contribution is 0.445. The maximum Gasteiger partial charge on any atom is 0.143 e. The van der Waals surface area contributed by atoms with Gasteiger partial charge in [0.2, 0.25) is 0 Å². The van der Waals surface area contributed by atoms with Crippen molar-refractivity contribution < 1.29 is 4.42 Å². The molecule has 1 fully saturated rings. The minimum absolute atomic E-state index is 0.0185. The van der Waals surface area contributed by atoms with E-state index < -0.39 is 0 Å². The Balaban J connectivity index is 2.20. The molecule has 3 nitrogen and oxygen atoms in total. The first kappa shape index (κ1) is 6.73. The van der Waals surface area contributed by atoms with E-state index in [1.54, 1.807) is 12.3 Å². The molecule has 1 aliphatic carbocycles. The average molecular weight is 152 g/mol. The van der Waals surface area contributed by atoms with E-state index in [1.807, 2.05) is 0 Å². The molecule has 1 unspecified atom stereocenters. The SMILES string of the molecule is Nc1ccoc1C(N)C1CC1. The van der Waals surface area contributed by atoms with E-state index in [0.29, 0.717) is 11.6 Å². The van der Waals surface area contributed by atoms with E-state index in [2.05, 4.69) is 0 Å². The van der Waals surface area contributed by atoms with Crippen molar-refractivity contribution in [3.63, 3.8) is 0 Å². The Morgan fingerprint density at radius 1 is 1.55 bits per heavy atom. The van der Waals surface area contributed by atoms with Gasteiger partial charge in [-0.3, -0.25) is 0 Å². The summed E-state index contributed by atoms with van der Waals surface area (Å²) in [6.45, 7) is 0.